The average molecular weight is 222 g/mol. The van der Waals surface area contributed by atoms with Gasteiger partial charge in [0, 0.05) is 18.7 Å². The average Bonchev–Trinajstić information content (AvgIpc) is 2.28. The highest BCUT2D eigenvalue weighted by atomic mass is 35.5. The fourth-order valence-electron chi connectivity index (χ4n) is 1.25. The van der Waals surface area contributed by atoms with Gasteiger partial charge in [0.1, 0.15) is 12.4 Å². The highest BCUT2D eigenvalue weighted by Crippen LogP contribution is 2.18. The normalized spacial score (nSPS) is 13.8. The maximum absolute atomic E-state index is 5.49. The van der Waals surface area contributed by atoms with Gasteiger partial charge in [-0.05, 0) is 6.07 Å². The lowest BCUT2D eigenvalue weighted by Crippen LogP contribution is -2.16. The Morgan fingerprint density at radius 2 is 1.92 bits per heavy atom. The second-order valence-corrected chi connectivity index (χ2v) is 2.63. The van der Waals surface area contributed by atoms with Gasteiger partial charge in [0.2, 0.25) is 0 Å². The van der Waals surface area contributed by atoms with Crippen molar-refractivity contribution in [1.82, 2.24) is 5.32 Å². The molecule has 1 N–H and O–H groups in total. The van der Waals surface area contributed by atoms with Crippen molar-refractivity contribution >= 4 is 24.8 Å². The Morgan fingerprint density at radius 1 is 1.15 bits per heavy atom. The molecule has 0 saturated carbocycles. The third kappa shape index (κ3) is 3.07. The number of para-hydroxylation sites is 1. The lowest BCUT2D eigenvalue weighted by molar-refractivity contribution is 0.326. The van der Waals surface area contributed by atoms with Gasteiger partial charge in [-0.3, -0.25) is 0 Å². The molecule has 0 amide bonds. The Hall–Kier alpha value is -0.440. The van der Waals surface area contributed by atoms with E-state index in [9.17, 15) is 0 Å². The van der Waals surface area contributed by atoms with Gasteiger partial charge in [-0.2, -0.15) is 0 Å². The minimum absolute atomic E-state index is 0. The Morgan fingerprint density at radius 3 is 2.77 bits per heavy atom. The predicted octanol–water partition coefficient (Wildman–Crippen LogP) is 2.01. The third-order valence-electron chi connectivity index (χ3n) is 1.82. The summed E-state index contributed by atoms with van der Waals surface area (Å²) in [5.74, 6) is 1.03. The lowest BCUT2D eigenvalue weighted by atomic mass is 10.2. The van der Waals surface area contributed by atoms with Gasteiger partial charge in [-0.1, -0.05) is 18.2 Å². The van der Waals surface area contributed by atoms with Gasteiger partial charge in [-0.25, -0.2) is 0 Å². The molecule has 74 valence electrons. The topological polar surface area (TPSA) is 21.3 Å². The molecule has 2 rings (SSSR count). The van der Waals surface area contributed by atoms with E-state index in [0.717, 1.165) is 25.4 Å². The van der Waals surface area contributed by atoms with Crippen LogP contribution in [0.5, 0.6) is 5.75 Å². The maximum atomic E-state index is 5.49. The first-order valence-electron chi connectivity index (χ1n) is 3.88. The molecule has 0 saturated heterocycles. The molecule has 2 nitrogen and oxygen atoms in total. The van der Waals surface area contributed by atoms with E-state index in [2.05, 4.69) is 11.4 Å². The van der Waals surface area contributed by atoms with Gasteiger partial charge in [0.05, 0.1) is 0 Å². The van der Waals surface area contributed by atoms with Crippen molar-refractivity contribution in [1.29, 1.82) is 0 Å². The maximum Gasteiger partial charge on any atom is 0.123 e. The second-order valence-electron chi connectivity index (χ2n) is 2.63. The number of benzene rings is 1. The minimum atomic E-state index is 0. The van der Waals surface area contributed by atoms with Crippen LogP contribution >= 0.6 is 24.8 Å². The lowest BCUT2D eigenvalue weighted by Gasteiger charge is -2.03. The van der Waals surface area contributed by atoms with E-state index in [1.54, 1.807) is 0 Å². The fourth-order valence-corrected chi connectivity index (χ4v) is 1.25. The summed E-state index contributed by atoms with van der Waals surface area (Å²) >= 11 is 0. The van der Waals surface area contributed by atoms with E-state index < -0.39 is 0 Å². The van der Waals surface area contributed by atoms with E-state index in [4.69, 9.17) is 4.74 Å². The number of hydrogen-bond donors (Lipinski definition) is 1. The fraction of sp³-hybridized carbons (Fsp3) is 0.333. The second kappa shape index (κ2) is 6.08. The molecular formula is C9H13Cl2NO. The van der Waals surface area contributed by atoms with Crippen molar-refractivity contribution in [3.63, 3.8) is 0 Å². The van der Waals surface area contributed by atoms with Crippen molar-refractivity contribution in [3.8, 4) is 5.75 Å². The number of hydrogen-bond acceptors (Lipinski definition) is 2. The Kier molecular flexibility index (Phi) is 5.88. The summed E-state index contributed by atoms with van der Waals surface area (Å²) in [5.41, 5.74) is 1.25. The van der Waals surface area contributed by atoms with Crippen molar-refractivity contribution in [3.05, 3.63) is 29.8 Å². The van der Waals surface area contributed by atoms with Crippen LogP contribution in [-0.2, 0) is 6.54 Å². The largest absolute Gasteiger partial charge is 0.492 e. The number of ether oxygens (including phenoxy) is 1. The molecule has 1 aromatic carbocycles. The van der Waals surface area contributed by atoms with Crippen LogP contribution in [0.4, 0.5) is 0 Å². The molecule has 4 heteroatoms. The van der Waals surface area contributed by atoms with E-state index in [1.807, 2.05) is 18.2 Å². The molecular weight excluding hydrogens is 209 g/mol. The summed E-state index contributed by atoms with van der Waals surface area (Å²) in [6.45, 7) is 2.64. The van der Waals surface area contributed by atoms with Gasteiger partial charge in [0.25, 0.3) is 0 Å². The van der Waals surface area contributed by atoms with Gasteiger partial charge < -0.3 is 10.1 Å². The van der Waals surface area contributed by atoms with Gasteiger partial charge >= 0.3 is 0 Å². The standard InChI is InChI=1S/C9H11NO.2ClH/c1-2-4-9-8(3-1)7-10-5-6-11-9;;/h1-4,10H,5-7H2;2*1H. The number of halogens is 2. The summed E-state index contributed by atoms with van der Waals surface area (Å²) in [4.78, 5) is 0. The molecule has 0 unspecified atom stereocenters. The minimum Gasteiger partial charge on any atom is -0.492 e. The Balaban J connectivity index is 0.000000720. The van der Waals surface area contributed by atoms with E-state index in [1.165, 1.54) is 5.56 Å². The van der Waals surface area contributed by atoms with Crippen LogP contribution in [0.15, 0.2) is 24.3 Å². The molecule has 1 aliphatic heterocycles. The summed E-state index contributed by atoms with van der Waals surface area (Å²) in [6, 6.07) is 8.15. The van der Waals surface area contributed by atoms with Gasteiger partial charge in [0.15, 0.2) is 0 Å². The van der Waals surface area contributed by atoms with Crippen LogP contribution in [0.1, 0.15) is 5.56 Å². The van der Waals surface area contributed by atoms with Crippen molar-refractivity contribution in [2.45, 2.75) is 6.54 Å². The zero-order valence-electron chi connectivity index (χ0n) is 7.16. The summed E-state index contributed by atoms with van der Waals surface area (Å²) in [6.07, 6.45) is 0. The smallest absolute Gasteiger partial charge is 0.123 e. The Bertz CT molecular complexity index is 230. The van der Waals surface area contributed by atoms with Crippen LogP contribution in [0.2, 0.25) is 0 Å². The highest BCUT2D eigenvalue weighted by Gasteiger charge is 2.05. The first-order valence-corrected chi connectivity index (χ1v) is 3.88. The Labute approximate surface area is 90.5 Å². The molecule has 0 bridgehead atoms. The molecule has 1 aliphatic rings. The SMILES string of the molecule is Cl.Cl.c1ccc2c(c1)CNCCO2. The van der Waals surface area contributed by atoms with Crippen LogP contribution in [0, 0.1) is 0 Å². The van der Waals surface area contributed by atoms with Crippen LogP contribution in [-0.4, -0.2) is 13.2 Å². The predicted molar refractivity (Wildman–Crippen MR) is 58.1 cm³/mol. The summed E-state index contributed by atoms with van der Waals surface area (Å²) < 4.78 is 5.49. The van der Waals surface area contributed by atoms with Crippen molar-refractivity contribution < 1.29 is 4.74 Å². The zero-order chi connectivity index (χ0) is 7.52. The first-order chi connectivity index (χ1) is 5.47. The molecule has 0 aliphatic carbocycles. The quantitative estimate of drug-likeness (QED) is 0.725. The molecule has 0 atom stereocenters. The summed E-state index contributed by atoms with van der Waals surface area (Å²) in [7, 11) is 0. The summed E-state index contributed by atoms with van der Waals surface area (Å²) in [5, 5.41) is 3.28. The van der Waals surface area contributed by atoms with Crippen LogP contribution < -0.4 is 10.1 Å². The molecule has 1 heterocycles. The molecule has 0 aromatic heterocycles. The van der Waals surface area contributed by atoms with Crippen molar-refractivity contribution in [2.24, 2.45) is 0 Å². The monoisotopic (exact) mass is 221 g/mol. The number of nitrogens with one attached hydrogen (secondary N) is 1. The van der Waals surface area contributed by atoms with E-state index >= 15 is 0 Å². The molecule has 0 radical (unpaired) electrons. The van der Waals surface area contributed by atoms with E-state index in [0.29, 0.717) is 0 Å². The molecule has 0 fully saturated rings. The van der Waals surface area contributed by atoms with Crippen LogP contribution in [0.25, 0.3) is 0 Å². The van der Waals surface area contributed by atoms with Crippen LogP contribution in [0.3, 0.4) is 0 Å². The highest BCUT2D eigenvalue weighted by molar-refractivity contribution is 5.85. The number of rotatable bonds is 0. The molecule has 0 spiro atoms. The molecule has 13 heavy (non-hydrogen) atoms. The zero-order valence-corrected chi connectivity index (χ0v) is 8.79. The van der Waals surface area contributed by atoms with Gasteiger partial charge in [-0.15, -0.1) is 24.8 Å². The molecule has 1 aromatic rings. The van der Waals surface area contributed by atoms with Crippen molar-refractivity contribution in [2.75, 3.05) is 13.2 Å². The van der Waals surface area contributed by atoms with E-state index in [-0.39, 0.29) is 24.8 Å². The first kappa shape index (κ1) is 12.6. The third-order valence-corrected chi connectivity index (χ3v) is 1.82. The number of fused-ring (bicyclic) bond motifs is 1.